The molecule has 5 nitrogen and oxygen atoms in total. The molecule has 16 heavy (non-hydrogen) atoms. The Kier molecular flexibility index (Phi) is 5.44. The van der Waals surface area contributed by atoms with Gasteiger partial charge in [0.25, 0.3) is 0 Å². The summed E-state index contributed by atoms with van der Waals surface area (Å²) < 4.78 is 0. The Labute approximate surface area is 95.9 Å². The minimum atomic E-state index is -1.12. The molecule has 3 N–H and O–H groups in total. The van der Waals surface area contributed by atoms with E-state index in [1.54, 1.807) is 0 Å². The molecule has 0 rings (SSSR count). The molecule has 0 aliphatic heterocycles. The molecule has 0 aliphatic carbocycles. The van der Waals surface area contributed by atoms with Crippen molar-refractivity contribution in [2.75, 3.05) is 6.54 Å². The van der Waals surface area contributed by atoms with Crippen LogP contribution in [-0.2, 0) is 9.59 Å². The molecule has 0 bridgehead atoms. The monoisotopic (exact) mass is 231 g/mol. The zero-order valence-electron chi connectivity index (χ0n) is 10.3. The van der Waals surface area contributed by atoms with Gasteiger partial charge in [0.15, 0.2) is 0 Å². The molecule has 0 aromatic carbocycles. The molecular formula is C11H21NO4. The van der Waals surface area contributed by atoms with E-state index in [1.165, 1.54) is 0 Å². The minimum Gasteiger partial charge on any atom is -0.481 e. The first kappa shape index (κ1) is 14.9. The lowest BCUT2D eigenvalue weighted by Gasteiger charge is -2.30. The number of aliphatic carboxylic acids is 2. The predicted octanol–water partition coefficient (Wildman–Crippen LogP) is 1.19. The molecule has 0 saturated carbocycles. The van der Waals surface area contributed by atoms with Crippen LogP contribution in [-0.4, -0.2) is 34.7 Å². The summed E-state index contributed by atoms with van der Waals surface area (Å²) in [5.41, 5.74) is -0.0633. The average molecular weight is 231 g/mol. The van der Waals surface area contributed by atoms with E-state index in [-0.39, 0.29) is 5.41 Å². The van der Waals surface area contributed by atoms with Crippen LogP contribution < -0.4 is 5.32 Å². The van der Waals surface area contributed by atoms with Crippen LogP contribution in [0.4, 0.5) is 0 Å². The quantitative estimate of drug-likeness (QED) is 0.612. The van der Waals surface area contributed by atoms with Gasteiger partial charge in [-0.2, -0.15) is 0 Å². The van der Waals surface area contributed by atoms with Crippen molar-refractivity contribution in [3.05, 3.63) is 0 Å². The number of hydrogen-bond acceptors (Lipinski definition) is 3. The second-order valence-electron chi connectivity index (χ2n) is 5.01. The molecule has 0 heterocycles. The third-order valence-corrected chi connectivity index (χ3v) is 3.04. The molecular weight excluding hydrogens is 210 g/mol. The zero-order valence-corrected chi connectivity index (χ0v) is 10.3. The van der Waals surface area contributed by atoms with E-state index in [0.29, 0.717) is 12.5 Å². The summed E-state index contributed by atoms with van der Waals surface area (Å²) in [6.07, 6.45) is -0.399. The van der Waals surface area contributed by atoms with Crippen molar-refractivity contribution in [2.45, 2.75) is 40.2 Å². The van der Waals surface area contributed by atoms with Crippen LogP contribution in [0.3, 0.4) is 0 Å². The third-order valence-electron chi connectivity index (χ3n) is 3.04. The van der Waals surface area contributed by atoms with Crippen LogP contribution in [0.2, 0.25) is 0 Å². The van der Waals surface area contributed by atoms with Crippen molar-refractivity contribution in [1.82, 2.24) is 5.32 Å². The van der Waals surface area contributed by atoms with E-state index in [9.17, 15) is 9.59 Å². The van der Waals surface area contributed by atoms with Gasteiger partial charge in [0.05, 0.1) is 6.42 Å². The lowest BCUT2D eigenvalue weighted by molar-refractivity contribution is -0.146. The Hall–Kier alpha value is -1.10. The summed E-state index contributed by atoms with van der Waals surface area (Å²) in [6.45, 7) is 8.62. The van der Waals surface area contributed by atoms with Gasteiger partial charge in [-0.25, -0.2) is 0 Å². The number of carbonyl (C=O) groups is 2. The maximum atomic E-state index is 10.8. The second kappa shape index (κ2) is 5.84. The number of hydrogen-bond donors (Lipinski definition) is 3. The lowest BCUT2D eigenvalue weighted by Crippen LogP contribution is -2.44. The van der Waals surface area contributed by atoms with Crippen LogP contribution in [0.15, 0.2) is 0 Å². The molecule has 5 heteroatoms. The van der Waals surface area contributed by atoms with Gasteiger partial charge in [-0.3, -0.25) is 9.59 Å². The fourth-order valence-electron chi connectivity index (χ4n) is 1.01. The van der Waals surface area contributed by atoms with Crippen LogP contribution in [0.1, 0.15) is 34.1 Å². The highest BCUT2D eigenvalue weighted by molar-refractivity contribution is 5.80. The van der Waals surface area contributed by atoms with Gasteiger partial charge in [0.1, 0.15) is 6.04 Å². The van der Waals surface area contributed by atoms with E-state index in [4.69, 9.17) is 10.2 Å². The zero-order chi connectivity index (χ0) is 12.9. The molecule has 0 radical (unpaired) electrons. The summed E-state index contributed by atoms with van der Waals surface area (Å²) in [7, 11) is 0. The van der Waals surface area contributed by atoms with Crippen molar-refractivity contribution in [3.63, 3.8) is 0 Å². The van der Waals surface area contributed by atoms with Crippen molar-refractivity contribution in [1.29, 1.82) is 0 Å². The smallest absolute Gasteiger partial charge is 0.321 e. The molecule has 0 aromatic heterocycles. The van der Waals surface area contributed by atoms with Gasteiger partial charge in [0.2, 0.25) is 0 Å². The van der Waals surface area contributed by atoms with E-state index >= 15 is 0 Å². The standard InChI is InChI=1S/C11H21NO4/c1-7(2)11(3,4)6-12-8(10(15)16)5-9(13)14/h7-8,12H,5-6H2,1-4H3,(H,13,14)(H,15,16). The second-order valence-corrected chi connectivity index (χ2v) is 5.01. The van der Waals surface area contributed by atoms with Gasteiger partial charge in [-0.1, -0.05) is 27.7 Å². The lowest BCUT2D eigenvalue weighted by atomic mass is 9.81. The van der Waals surface area contributed by atoms with Gasteiger partial charge in [-0.15, -0.1) is 0 Å². The van der Waals surface area contributed by atoms with Gasteiger partial charge in [-0.05, 0) is 11.3 Å². The summed E-state index contributed by atoms with van der Waals surface area (Å²) in [5, 5.41) is 20.2. The van der Waals surface area contributed by atoms with Crippen molar-refractivity contribution >= 4 is 11.9 Å². The van der Waals surface area contributed by atoms with E-state index < -0.39 is 24.4 Å². The van der Waals surface area contributed by atoms with Crippen molar-refractivity contribution in [2.24, 2.45) is 11.3 Å². The van der Waals surface area contributed by atoms with Crippen LogP contribution >= 0.6 is 0 Å². The molecule has 0 aliphatic rings. The number of carboxylic acid groups (broad SMARTS) is 2. The SMILES string of the molecule is CC(C)C(C)(C)CNC(CC(=O)O)C(=O)O. The summed E-state index contributed by atoms with van der Waals surface area (Å²) in [4.78, 5) is 21.3. The van der Waals surface area contributed by atoms with Gasteiger partial charge >= 0.3 is 11.9 Å². The Bertz CT molecular complexity index is 261. The molecule has 1 atom stereocenters. The first-order valence-electron chi connectivity index (χ1n) is 5.35. The highest BCUT2D eigenvalue weighted by Gasteiger charge is 2.26. The predicted molar refractivity (Wildman–Crippen MR) is 60.3 cm³/mol. The Morgan fingerprint density at radius 1 is 1.25 bits per heavy atom. The van der Waals surface area contributed by atoms with Crippen molar-refractivity contribution in [3.8, 4) is 0 Å². The molecule has 0 fully saturated rings. The number of carboxylic acids is 2. The molecule has 0 amide bonds. The number of rotatable bonds is 7. The van der Waals surface area contributed by atoms with Crippen LogP contribution in [0, 0.1) is 11.3 Å². The molecule has 94 valence electrons. The fourth-order valence-corrected chi connectivity index (χ4v) is 1.01. The maximum absolute atomic E-state index is 10.8. The van der Waals surface area contributed by atoms with Crippen molar-refractivity contribution < 1.29 is 19.8 Å². The summed E-state index contributed by atoms with van der Waals surface area (Å²) in [6, 6.07) is -1.02. The molecule has 1 unspecified atom stereocenters. The first-order chi connectivity index (χ1) is 7.16. The highest BCUT2D eigenvalue weighted by Crippen LogP contribution is 2.24. The maximum Gasteiger partial charge on any atom is 0.321 e. The molecule has 0 saturated heterocycles. The topological polar surface area (TPSA) is 86.6 Å². The van der Waals surface area contributed by atoms with Crippen LogP contribution in [0.25, 0.3) is 0 Å². The Balaban J connectivity index is 4.33. The van der Waals surface area contributed by atoms with E-state index in [0.717, 1.165) is 0 Å². The fraction of sp³-hybridized carbons (Fsp3) is 0.818. The van der Waals surface area contributed by atoms with E-state index in [1.807, 2.05) is 13.8 Å². The largest absolute Gasteiger partial charge is 0.481 e. The highest BCUT2D eigenvalue weighted by atomic mass is 16.4. The minimum absolute atomic E-state index is 0.0633. The Morgan fingerprint density at radius 3 is 2.06 bits per heavy atom. The first-order valence-corrected chi connectivity index (χ1v) is 5.35. The van der Waals surface area contributed by atoms with E-state index in [2.05, 4.69) is 19.2 Å². The van der Waals surface area contributed by atoms with Crippen LogP contribution in [0.5, 0.6) is 0 Å². The van der Waals surface area contributed by atoms with Gasteiger partial charge in [0, 0.05) is 6.54 Å². The summed E-state index contributed by atoms with van der Waals surface area (Å²) >= 11 is 0. The third kappa shape index (κ3) is 5.11. The summed E-state index contributed by atoms with van der Waals surface area (Å²) in [5.74, 6) is -1.84. The molecule has 0 aromatic rings. The average Bonchev–Trinajstić information content (AvgIpc) is 2.10. The molecule has 0 spiro atoms. The Morgan fingerprint density at radius 2 is 1.75 bits per heavy atom. The van der Waals surface area contributed by atoms with Gasteiger partial charge < -0.3 is 15.5 Å². The number of nitrogens with one attached hydrogen (secondary N) is 1. The normalized spacial score (nSPS) is 13.8.